The number of aryl methyl sites for hydroxylation is 1. The minimum Gasteiger partial charge on any atom is -0.480 e. The van der Waals surface area contributed by atoms with Gasteiger partial charge in [0, 0.05) is 18.3 Å². The number of carboxylic acid groups (broad SMARTS) is 1. The van der Waals surface area contributed by atoms with Crippen molar-refractivity contribution < 1.29 is 9.90 Å². The molecule has 1 aromatic heterocycles. The highest BCUT2D eigenvalue weighted by Crippen LogP contribution is 2.18. The number of nitrogens with zero attached hydrogens (tertiary/aromatic N) is 3. The van der Waals surface area contributed by atoms with E-state index in [0.29, 0.717) is 13.0 Å². The summed E-state index contributed by atoms with van der Waals surface area (Å²) < 4.78 is 1.73. The second-order valence-corrected chi connectivity index (χ2v) is 7.77. The summed E-state index contributed by atoms with van der Waals surface area (Å²) in [5.41, 5.74) is 0.918. The van der Waals surface area contributed by atoms with E-state index in [2.05, 4.69) is 36.4 Å². The molecule has 1 heterocycles. The van der Waals surface area contributed by atoms with Gasteiger partial charge in [-0.25, -0.2) is 0 Å². The van der Waals surface area contributed by atoms with Crippen LogP contribution in [0.15, 0.2) is 6.20 Å². The summed E-state index contributed by atoms with van der Waals surface area (Å²) in [5, 5.41) is 20.8. The van der Waals surface area contributed by atoms with Crippen LogP contribution in [0.1, 0.15) is 60.1 Å². The zero-order chi connectivity index (χ0) is 17.0. The van der Waals surface area contributed by atoms with E-state index in [0.717, 1.165) is 18.5 Å². The van der Waals surface area contributed by atoms with Crippen LogP contribution in [0.25, 0.3) is 0 Å². The number of rotatable bonds is 8. The van der Waals surface area contributed by atoms with Crippen molar-refractivity contribution in [3.63, 3.8) is 0 Å². The summed E-state index contributed by atoms with van der Waals surface area (Å²) in [6.07, 6.45) is 4.12. The second-order valence-electron chi connectivity index (χ2n) is 7.77. The fourth-order valence-corrected chi connectivity index (χ4v) is 2.16. The lowest BCUT2D eigenvalue weighted by Crippen LogP contribution is -2.49. The first-order chi connectivity index (χ1) is 10.0. The number of aliphatic carboxylic acids is 1. The maximum atomic E-state index is 11.4. The van der Waals surface area contributed by atoms with Gasteiger partial charge in [-0.3, -0.25) is 14.8 Å². The maximum Gasteiger partial charge on any atom is 0.320 e. The number of nitrogens with one attached hydrogen (secondary N) is 1. The van der Waals surface area contributed by atoms with E-state index in [1.807, 2.05) is 27.0 Å². The van der Waals surface area contributed by atoms with E-state index in [9.17, 15) is 9.90 Å². The van der Waals surface area contributed by atoms with Crippen LogP contribution in [0.2, 0.25) is 0 Å². The molecule has 0 aromatic carbocycles. The van der Waals surface area contributed by atoms with Crippen molar-refractivity contribution in [2.45, 2.75) is 78.9 Å². The predicted molar refractivity (Wildman–Crippen MR) is 86.7 cm³/mol. The number of aromatic nitrogens is 3. The van der Waals surface area contributed by atoms with Gasteiger partial charge < -0.3 is 5.11 Å². The van der Waals surface area contributed by atoms with Gasteiger partial charge in [-0.05, 0) is 38.5 Å². The quantitative estimate of drug-likeness (QED) is 0.771. The molecule has 126 valence electrons. The molecule has 0 radical (unpaired) electrons. The molecule has 1 atom stereocenters. The Morgan fingerprint density at radius 2 is 2.00 bits per heavy atom. The molecule has 0 aliphatic rings. The SMILES string of the molecule is CCC(C)(C)NC(CCn1cc(CC(C)(C)C)nn1)C(=O)O. The van der Waals surface area contributed by atoms with Crippen LogP contribution in [-0.2, 0) is 17.8 Å². The summed E-state index contributed by atoms with van der Waals surface area (Å²) in [7, 11) is 0. The molecule has 6 heteroatoms. The second kappa shape index (κ2) is 7.22. The molecular formula is C16H30N4O2. The summed E-state index contributed by atoms with van der Waals surface area (Å²) in [4.78, 5) is 11.4. The monoisotopic (exact) mass is 310 g/mol. The Bertz CT molecular complexity index is 489. The summed E-state index contributed by atoms with van der Waals surface area (Å²) in [5.74, 6) is -0.823. The highest BCUT2D eigenvalue weighted by molar-refractivity contribution is 5.73. The third-order valence-electron chi connectivity index (χ3n) is 3.69. The van der Waals surface area contributed by atoms with Crippen LogP contribution in [-0.4, -0.2) is 37.7 Å². The van der Waals surface area contributed by atoms with Gasteiger partial charge in [-0.1, -0.05) is 32.9 Å². The largest absolute Gasteiger partial charge is 0.480 e. The Morgan fingerprint density at radius 3 is 2.50 bits per heavy atom. The van der Waals surface area contributed by atoms with Gasteiger partial charge in [0.1, 0.15) is 6.04 Å². The smallest absolute Gasteiger partial charge is 0.320 e. The predicted octanol–water partition coefficient (Wildman–Crippen LogP) is 2.49. The zero-order valence-corrected chi connectivity index (χ0v) is 14.7. The average molecular weight is 310 g/mol. The Morgan fingerprint density at radius 1 is 1.36 bits per heavy atom. The van der Waals surface area contributed by atoms with Crippen molar-refractivity contribution in [1.82, 2.24) is 20.3 Å². The van der Waals surface area contributed by atoms with Gasteiger partial charge in [0.05, 0.1) is 5.69 Å². The van der Waals surface area contributed by atoms with Crippen molar-refractivity contribution in [3.05, 3.63) is 11.9 Å². The van der Waals surface area contributed by atoms with Crippen molar-refractivity contribution in [1.29, 1.82) is 0 Å². The normalized spacial score (nSPS) is 14.1. The van der Waals surface area contributed by atoms with Gasteiger partial charge >= 0.3 is 5.97 Å². The van der Waals surface area contributed by atoms with E-state index in [-0.39, 0.29) is 11.0 Å². The molecule has 0 aliphatic heterocycles. The fraction of sp³-hybridized carbons (Fsp3) is 0.812. The van der Waals surface area contributed by atoms with Crippen LogP contribution in [0.5, 0.6) is 0 Å². The summed E-state index contributed by atoms with van der Waals surface area (Å²) in [6.45, 7) is 13.1. The van der Waals surface area contributed by atoms with Gasteiger partial charge in [0.25, 0.3) is 0 Å². The molecule has 0 fully saturated rings. The number of carbonyl (C=O) groups is 1. The van der Waals surface area contributed by atoms with E-state index in [1.165, 1.54) is 0 Å². The first-order valence-electron chi connectivity index (χ1n) is 7.92. The zero-order valence-electron chi connectivity index (χ0n) is 14.7. The molecule has 1 unspecified atom stereocenters. The number of hydrogen-bond acceptors (Lipinski definition) is 4. The van der Waals surface area contributed by atoms with Gasteiger partial charge in [0.2, 0.25) is 0 Å². The third kappa shape index (κ3) is 6.56. The van der Waals surface area contributed by atoms with Crippen molar-refractivity contribution >= 4 is 5.97 Å². The topological polar surface area (TPSA) is 80.0 Å². The molecule has 1 aromatic rings. The molecule has 1 rings (SSSR count). The van der Waals surface area contributed by atoms with Gasteiger partial charge in [0.15, 0.2) is 0 Å². The molecule has 0 saturated heterocycles. The molecule has 2 N–H and O–H groups in total. The van der Waals surface area contributed by atoms with Crippen molar-refractivity contribution in [3.8, 4) is 0 Å². The van der Waals surface area contributed by atoms with E-state index < -0.39 is 12.0 Å². The molecule has 22 heavy (non-hydrogen) atoms. The Kier molecular flexibility index (Phi) is 6.11. The molecule has 0 amide bonds. The van der Waals surface area contributed by atoms with Gasteiger partial charge in [-0.2, -0.15) is 0 Å². The standard InChI is InChI=1S/C16H30N4O2/c1-7-16(5,6)17-13(14(21)22)8-9-20-11-12(18-19-20)10-15(2,3)4/h11,13,17H,7-10H2,1-6H3,(H,21,22). The Balaban J connectivity index is 2.61. The highest BCUT2D eigenvalue weighted by atomic mass is 16.4. The molecule has 0 bridgehead atoms. The van der Waals surface area contributed by atoms with Crippen LogP contribution in [0, 0.1) is 5.41 Å². The van der Waals surface area contributed by atoms with E-state index in [1.54, 1.807) is 4.68 Å². The molecule has 0 saturated carbocycles. The Hall–Kier alpha value is -1.43. The van der Waals surface area contributed by atoms with E-state index >= 15 is 0 Å². The van der Waals surface area contributed by atoms with E-state index in [4.69, 9.17) is 0 Å². The molecule has 0 spiro atoms. The van der Waals surface area contributed by atoms with Crippen LogP contribution in [0.4, 0.5) is 0 Å². The van der Waals surface area contributed by atoms with Crippen molar-refractivity contribution in [2.24, 2.45) is 5.41 Å². The van der Waals surface area contributed by atoms with Gasteiger partial charge in [-0.15, -0.1) is 5.10 Å². The highest BCUT2D eigenvalue weighted by Gasteiger charge is 2.25. The lowest BCUT2D eigenvalue weighted by atomic mass is 9.91. The van der Waals surface area contributed by atoms with Crippen molar-refractivity contribution in [2.75, 3.05) is 0 Å². The van der Waals surface area contributed by atoms with Crippen LogP contribution < -0.4 is 5.32 Å². The average Bonchev–Trinajstić information content (AvgIpc) is 2.79. The first-order valence-corrected chi connectivity index (χ1v) is 7.92. The fourth-order valence-electron chi connectivity index (χ4n) is 2.16. The lowest BCUT2D eigenvalue weighted by Gasteiger charge is -2.28. The summed E-state index contributed by atoms with van der Waals surface area (Å²) in [6, 6.07) is -0.579. The van der Waals surface area contributed by atoms with Crippen LogP contribution >= 0.6 is 0 Å². The minimum absolute atomic E-state index is 0.164. The number of carboxylic acids is 1. The first kappa shape index (κ1) is 18.6. The third-order valence-corrected chi connectivity index (χ3v) is 3.69. The summed E-state index contributed by atoms with van der Waals surface area (Å²) >= 11 is 0. The molecule has 0 aliphatic carbocycles. The number of hydrogen-bond donors (Lipinski definition) is 2. The molecular weight excluding hydrogens is 280 g/mol. The Labute approximate surface area is 133 Å². The minimum atomic E-state index is -0.823. The maximum absolute atomic E-state index is 11.4. The lowest BCUT2D eigenvalue weighted by molar-refractivity contribution is -0.140. The molecule has 6 nitrogen and oxygen atoms in total. The van der Waals surface area contributed by atoms with Crippen LogP contribution in [0.3, 0.4) is 0 Å².